The Hall–Kier alpha value is -1.56. The van der Waals surface area contributed by atoms with Gasteiger partial charge in [-0.2, -0.15) is 0 Å². The summed E-state index contributed by atoms with van der Waals surface area (Å²) in [4.78, 5) is 25.3. The molecule has 0 aliphatic carbocycles. The molecule has 0 aromatic heterocycles. The number of carbonyl (C=O) groups is 2. The lowest BCUT2D eigenvalue weighted by molar-refractivity contribution is -0.129. The van der Waals surface area contributed by atoms with E-state index in [4.69, 9.17) is 0 Å². The van der Waals surface area contributed by atoms with E-state index in [-0.39, 0.29) is 24.1 Å². The molecular weight excluding hydrogens is 312 g/mol. The van der Waals surface area contributed by atoms with Gasteiger partial charge in [-0.3, -0.25) is 9.59 Å². The predicted octanol–water partition coefficient (Wildman–Crippen LogP) is 1.51. The van der Waals surface area contributed by atoms with Gasteiger partial charge in [-0.05, 0) is 47.0 Å². The lowest BCUT2D eigenvalue weighted by atomic mass is 10.2. The van der Waals surface area contributed by atoms with Crippen LogP contribution in [0.1, 0.15) is 23.2 Å². The van der Waals surface area contributed by atoms with E-state index in [9.17, 15) is 14.7 Å². The van der Waals surface area contributed by atoms with Crippen molar-refractivity contribution in [2.24, 2.45) is 0 Å². The Morgan fingerprint density at radius 2 is 2.00 bits per heavy atom. The van der Waals surface area contributed by atoms with Gasteiger partial charge in [0.25, 0.3) is 5.91 Å². The first-order valence-corrected chi connectivity index (χ1v) is 6.92. The minimum absolute atomic E-state index is 0.00137. The Morgan fingerprint density at radius 1 is 1.32 bits per heavy atom. The molecule has 1 aromatic carbocycles. The van der Waals surface area contributed by atoms with E-state index in [2.05, 4.69) is 21.2 Å². The van der Waals surface area contributed by atoms with Crippen molar-refractivity contribution >= 4 is 27.7 Å². The quantitative estimate of drug-likeness (QED) is 0.884. The van der Waals surface area contributed by atoms with E-state index in [0.717, 1.165) is 25.9 Å². The van der Waals surface area contributed by atoms with Crippen molar-refractivity contribution in [1.82, 2.24) is 10.2 Å². The minimum Gasteiger partial charge on any atom is -0.507 e. The van der Waals surface area contributed by atoms with Crippen molar-refractivity contribution in [3.8, 4) is 5.75 Å². The van der Waals surface area contributed by atoms with Gasteiger partial charge in [0, 0.05) is 18.7 Å². The van der Waals surface area contributed by atoms with Crippen molar-refractivity contribution in [1.29, 1.82) is 0 Å². The molecule has 5 nitrogen and oxygen atoms in total. The molecule has 0 bridgehead atoms. The molecule has 1 aromatic rings. The highest BCUT2D eigenvalue weighted by molar-refractivity contribution is 9.10. The fraction of sp³-hybridized carbons (Fsp3) is 0.385. The van der Waals surface area contributed by atoms with Gasteiger partial charge in [0.2, 0.25) is 5.91 Å². The number of rotatable bonds is 3. The Kier molecular flexibility index (Phi) is 4.42. The summed E-state index contributed by atoms with van der Waals surface area (Å²) in [5.41, 5.74) is 0.329. The smallest absolute Gasteiger partial charge is 0.251 e. The summed E-state index contributed by atoms with van der Waals surface area (Å²) in [6, 6.07) is 4.53. The van der Waals surface area contributed by atoms with Gasteiger partial charge in [-0.1, -0.05) is 0 Å². The molecular formula is C13H15BrN2O3. The van der Waals surface area contributed by atoms with Crippen LogP contribution in [0.2, 0.25) is 0 Å². The third-order valence-corrected chi connectivity index (χ3v) is 3.74. The van der Waals surface area contributed by atoms with Crippen LogP contribution in [0.4, 0.5) is 0 Å². The number of phenols is 1. The highest BCUT2D eigenvalue weighted by Gasteiger charge is 2.18. The molecule has 2 rings (SSSR count). The van der Waals surface area contributed by atoms with Crippen LogP contribution >= 0.6 is 15.9 Å². The Morgan fingerprint density at radius 3 is 2.63 bits per heavy atom. The van der Waals surface area contributed by atoms with E-state index < -0.39 is 0 Å². The fourth-order valence-corrected chi connectivity index (χ4v) is 2.24. The lowest BCUT2D eigenvalue weighted by Crippen LogP contribution is -2.38. The summed E-state index contributed by atoms with van der Waals surface area (Å²) in [6.45, 7) is 1.54. The van der Waals surface area contributed by atoms with Crippen LogP contribution < -0.4 is 5.32 Å². The van der Waals surface area contributed by atoms with Crippen LogP contribution in [0.15, 0.2) is 22.7 Å². The molecule has 1 fully saturated rings. The number of nitrogens with one attached hydrogen (secondary N) is 1. The summed E-state index contributed by atoms with van der Waals surface area (Å²) in [5.74, 6) is -0.430. The van der Waals surface area contributed by atoms with Crippen LogP contribution in [-0.2, 0) is 4.79 Å². The normalized spacial score (nSPS) is 14.5. The number of likely N-dealkylation sites (tertiary alicyclic amines) is 1. The SMILES string of the molecule is O=C(NCC(=O)N1CCCC1)c1ccc(Br)c(O)c1. The van der Waals surface area contributed by atoms with Crippen molar-refractivity contribution in [3.05, 3.63) is 28.2 Å². The number of amides is 2. The molecule has 19 heavy (non-hydrogen) atoms. The molecule has 1 aliphatic rings. The maximum atomic E-state index is 11.8. The van der Waals surface area contributed by atoms with Crippen molar-refractivity contribution in [3.63, 3.8) is 0 Å². The second-order valence-corrected chi connectivity index (χ2v) is 5.29. The first-order chi connectivity index (χ1) is 9.08. The summed E-state index contributed by atoms with van der Waals surface area (Å²) in [7, 11) is 0. The molecule has 0 unspecified atom stereocenters. The van der Waals surface area contributed by atoms with Crippen LogP contribution in [0.3, 0.4) is 0 Å². The molecule has 0 radical (unpaired) electrons. The van der Waals surface area contributed by atoms with Crippen molar-refractivity contribution in [2.75, 3.05) is 19.6 Å². The Labute approximate surface area is 119 Å². The first kappa shape index (κ1) is 13.9. The van der Waals surface area contributed by atoms with Gasteiger partial charge >= 0.3 is 0 Å². The molecule has 1 heterocycles. The molecule has 2 amide bonds. The zero-order valence-electron chi connectivity index (χ0n) is 10.4. The number of nitrogens with zero attached hydrogens (tertiary/aromatic N) is 1. The van der Waals surface area contributed by atoms with Gasteiger partial charge in [-0.25, -0.2) is 0 Å². The fourth-order valence-electron chi connectivity index (χ4n) is 1.99. The zero-order chi connectivity index (χ0) is 13.8. The third kappa shape index (κ3) is 3.47. The van der Waals surface area contributed by atoms with E-state index in [0.29, 0.717) is 10.0 Å². The minimum atomic E-state index is -0.365. The van der Waals surface area contributed by atoms with Gasteiger partial charge < -0.3 is 15.3 Å². The van der Waals surface area contributed by atoms with Crippen LogP contribution in [-0.4, -0.2) is 41.5 Å². The summed E-state index contributed by atoms with van der Waals surface area (Å²) >= 11 is 3.14. The number of phenolic OH excluding ortho intramolecular Hbond substituents is 1. The molecule has 102 valence electrons. The van der Waals surface area contributed by atoms with Gasteiger partial charge in [0.15, 0.2) is 0 Å². The van der Waals surface area contributed by atoms with Gasteiger partial charge in [0.05, 0.1) is 11.0 Å². The molecule has 0 saturated carbocycles. The first-order valence-electron chi connectivity index (χ1n) is 6.12. The molecule has 0 atom stereocenters. The maximum Gasteiger partial charge on any atom is 0.251 e. The number of carbonyl (C=O) groups excluding carboxylic acids is 2. The topological polar surface area (TPSA) is 69.6 Å². The highest BCUT2D eigenvalue weighted by Crippen LogP contribution is 2.24. The molecule has 1 aliphatic heterocycles. The molecule has 0 spiro atoms. The van der Waals surface area contributed by atoms with Crippen molar-refractivity contribution < 1.29 is 14.7 Å². The standard InChI is InChI=1S/C13H15BrN2O3/c14-10-4-3-9(7-11(10)17)13(19)15-8-12(18)16-5-1-2-6-16/h3-4,7,17H,1-2,5-6,8H2,(H,15,19). The van der Waals surface area contributed by atoms with Crippen LogP contribution in [0.5, 0.6) is 5.75 Å². The Balaban J connectivity index is 1.90. The lowest BCUT2D eigenvalue weighted by Gasteiger charge is -2.15. The summed E-state index contributed by atoms with van der Waals surface area (Å²) in [5, 5.41) is 12.1. The van der Waals surface area contributed by atoms with Crippen LogP contribution in [0.25, 0.3) is 0 Å². The van der Waals surface area contributed by atoms with Gasteiger partial charge in [0.1, 0.15) is 5.75 Å². The number of benzene rings is 1. The van der Waals surface area contributed by atoms with Crippen molar-refractivity contribution in [2.45, 2.75) is 12.8 Å². The third-order valence-electron chi connectivity index (χ3n) is 3.07. The maximum absolute atomic E-state index is 11.8. The summed E-state index contributed by atoms with van der Waals surface area (Å²) in [6.07, 6.45) is 2.06. The molecule has 1 saturated heterocycles. The number of hydrogen-bond donors (Lipinski definition) is 2. The monoisotopic (exact) mass is 326 g/mol. The van der Waals surface area contributed by atoms with Gasteiger partial charge in [-0.15, -0.1) is 0 Å². The van der Waals surface area contributed by atoms with Crippen LogP contribution in [0, 0.1) is 0 Å². The molecule has 2 N–H and O–H groups in total. The van der Waals surface area contributed by atoms with E-state index in [1.54, 1.807) is 17.0 Å². The Bertz CT molecular complexity index is 499. The second-order valence-electron chi connectivity index (χ2n) is 4.44. The average Bonchev–Trinajstić information content (AvgIpc) is 2.92. The number of hydrogen-bond acceptors (Lipinski definition) is 3. The highest BCUT2D eigenvalue weighted by atomic mass is 79.9. The number of halogens is 1. The second kappa shape index (κ2) is 6.06. The average molecular weight is 327 g/mol. The van der Waals surface area contributed by atoms with E-state index in [1.807, 2.05) is 0 Å². The summed E-state index contributed by atoms with van der Waals surface area (Å²) < 4.78 is 0.525. The van der Waals surface area contributed by atoms with E-state index >= 15 is 0 Å². The largest absolute Gasteiger partial charge is 0.507 e. The zero-order valence-corrected chi connectivity index (χ0v) is 11.9. The predicted molar refractivity (Wildman–Crippen MR) is 74.0 cm³/mol. The number of aromatic hydroxyl groups is 1. The van der Waals surface area contributed by atoms with E-state index in [1.165, 1.54) is 6.07 Å². The molecule has 6 heteroatoms.